The summed E-state index contributed by atoms with van der Waals surface area (Å²) in [6.45, 7) is 0. The summed E-state index contributed by atoms with van der Waals surface area (Å²) in [5.41, 5.74) is -0.364. The monoisotopic (exact) mass is 266 g/mol. The molecule has 0 heterocycles. The quantitative estimate of drug-likeness (QED) is 0.534. The molecule has 0 aliphatic carbocycles. The third-order valence-electron chi connectivity index (χ3n) is 2.57. The molecular formula is C15H10F4. The second-order valence-electron chi connectivity index (χ2n) is 3.97. The molecule has 0 N–H and O–H groups in total. The number of rotatable bonds is 2. The van der Waals surface area contributed by atoms with Gasteiger partial charge in [-0.2, -0.15) is 13.2 Å². The van der Waals surface area contributed by atoms with Crippen molar-refractivity contribution in [1.29, 1.82) is 0 Å². The maximum absolute atomic E-state index is 13.0. The Morgan fingerprint density at radius 1 is 0.842 bits per heavy atom. The van der Waals surface area contributed by atoms with Crippen LogP contribution in [0.15, 0.2) is 54.6 Å². The van der Waals surface area contributed by atoms with Crippen LogP contribution in [-0.4, -0.2) is 6.18 Å². The van der Waals surface area contributed by atoms with E-state index in [0.717, 1.165) is 18.2 Å². The summed E-state index contributed by atoms with van der Waals surface area (Å²) in [7, 11) is 0. The topological polar surface area (TPSA) is 0 Å². The van der Waals surface area contributed by atoms with E-state index in [4.69, 9.17) is 0 Å². The highest BCUT2D eigenvalue weighted by Crippen LogP contribution is 2.35. The molecule has 0 bridgehead atoms. The number of benzene rings is 2. The molecule has 0 aliphatic heterocycles. The Hall–Kier alpha value is -2.10. The largest absolute Gasteiger partial charge is 0.417 e. The van der Waals surface area contributed by atoms with Crippen LogP contribution in [0, 0.1) is 5.82 Å². The lowest BCUT2D eigenvalue weighted by Gasteiger charge is -2.12. The molecule has 0 saturated heterocycles. The smallest absolute Gasteiger partial charge is 0.207 e. The number of alkyl halides is 3. The summed E-state index contributed by atoms with van der Waals surface area (Å²) in [6.07, 6.45) is -3.45. The zero-order valence-corrected chi connectivity index (χ0v) is 9.79. The van der Waals surface area contributed by atoms with Gasteiger partial charge in [-0.1, -0.05) is 42.5 Å². The van der Waals surface area contributed by atoms with Crippen molar-refractivity contribution in [2.24, 2.45) is 0 Å². The van der Waals surface area contributed by atoms with Crippen molar-refractivity contribution >= 4 is 11.6 Å². The van der Waals surface area contributed by atoms with Crippen molar-refractivity contribution in [2.75, 3.05) is 0 Å². The Morgan fingerprint density at radius 3 is 1.95 bits per heavy atom. The first-order valence-corrected chi connectivity index (χ1v) is 5.57. The van der Waals surface area contributed by atoms with E-state index in [1.54, 1.807) is 18.2 Å². The first-order valence-electron chi connectivity index (χ1n) is 5.57. The highest BCUT2D eigenvalue weighted by atomic mass is 19.4. The molecule has 2 rings (SSSR count). The maximum atomic E-state index is 13.0. The van der Waals surface area contributed by atoms with E-state index in [1.165, 1.54) is 24.3 Å². The second-order valence-corrected chi connectivity index (χ2v) is 3.97. The third-order valence-corrected chi connectivity index (χ3v) is 2.57. The minimum Gasteiger partial charge on any atom is -0.207 e. The second kappa shape index (κ2) is 5.26. The van der Waals surface area contributed by atoms with Crippen LogP contribution in [0.25, 0.3) is 11.6 Å². The van der Waals surface area contributed by atoms with E-state index >= 15 is 0 Å². The normalized spacial score (nSPS) is 12.5. The van der Waals surface area contributed by atoms with Gasteiger partial charge in [0.1, 0.15) is 5.82 Å². The van der Waals surface area contributed by atoms with Crippen LogP contribution in [0.1, 0.15) is 11.1 Å². The van der Waals surface area contributed by atoms with Crippen LogP contribution >= 0.6 is 0 Å². The molecule has 0 amide bonds. The van der Waals surface area contributed by atoms with Crippen LogP contribution in [-0.2, 0) is 0 Å². The lowest BCUT2D eigenvalue weighted by atomic mass is 10.0. The lowest BCUT2D eigenvalue weighted by molar-refractivity contribution is -0.0683. The van der Waals surface area contributed by atoms with Crippen LogP contribution in [0.4, 0.5) is 17.6 Å². The average Bonchev–Trinajstić information content (AvgIpc) is 2.37. The molecule has 0 atom stereocenters. The van der Waals surface area contributed by atoms with Gasteiger partial charge < -0.3 is 0 Å². The number of hydrogen-bond donors (Lipinski definition) is 0. The van der Waals surface area contributed by atoms with Gasteiger partial charge in [0.15, 0.2) is 0 Å². The van der Waals surface area contributed by atoms with E-state index in [0.29, 0.717) is 5.56 Å². The van der Waals surface area contributed by atoms with Crippen LogP contribution in [0.5, 0.6) is 0 Å². The van der Waals surface area contributed by atoms with Crippen molar-refractivity contribution in [3.05, 3.63) is 71.5 Å². The number of halogens is 4. The minimum atomic E-state index is -4.46. The van der Waals surface area contributed by atoms with Crippen molar-refractivity contribution in [1.82, 2.24) is 0 Å². The molecular weight excluding hydrogens is 256 g/mol. The Morgan fingerprint density at radius 2 is 1.42 bits per heavy atom. The van der Waals surface area contributed by atoms with E-state index in [-0.39, 0.29) is 5.56 Å². The fraction of sp³-hybridized carbons (Fsp3) is 0.0667. The Kier molecular flexibility index (Phi) is 3.69. The molecule has 4 heteroatoms. The highest BCUT2D eigenvalue weighted by Gasteiger charge is 2.34. The Labute approximate surface area is 108 Å². The van der Waals surface area contributed by atoms with E-state index in [2.05, 4.69) is 0 Å². The van der Waals surface area contributed by atoms with Gasteiger partial charge in [0, 0.05) is 0 Å². The van der Waals surface area contributed by atoms with E-state index < -0.39 is 17.6 Å². The summed E-state index contributed by atoms with van der Waals surface area (Å²) in [5.74, 6) is -0.481. The molecule has 2 aromatic carbocycles. The molecule has 0 spiro atoms. The van der Waals surface area contributed by atoms with Gasteiger partial charge in [0.2, 0.25) is 0 Å². The molecule has 0 unspecified atom stereocenters. The van der Waals surface area contributed by atoms with E-state index in [1.807, 2.05) is 0 Å². The third kappa shape index (κ3) is 3.44. The minimum absolute atomic E-state index is 0.0827. The molecule has 0 nitrogen and oxygen atoms in total. The van der Waals surface area contributed by atoms with Crippen molar-refractivity contribution in [2.45, 2.75) is 6.18 Å². The lowest BCUT2D eigenvalue weighted by Crippen LogP contribution is -2.10. The fourth-order valence-corrected chi connectivity index (χ4v) is 1.67. The summed E-state index contributed by atoms with van der Waals surface area (Å²) in [6, 6.07) is 12.4. The standard InChI is InChI=1S/C15H10F4/c16-13-8-6-11(7-9-13)10-14(15(17,18)19)12-4-2-1-3-5-12/h1-10H. The molecule has 98 valence electrons. The number of hydrogen-bond acceptors (Lipinski definition) is 0. The predicted molar refractivity (Wildman–Crippen MR) is 66.8 cm³/mol. The summed E-state index contributed by atoms with van der Waals surface area (Å²) >= 11 is 0. The van der Waals surface area contributed by atoms with Crippen LogP contribution < -0.4 is 0 Å². The molecule has 19 heavy (non-hydrogen) atoms. The number of allylic oxidation sites excluding steroid dienone is 1. The van der Waals surface area contributed by atoms with Gasteiger partial charge in [-0.15, -0.1) is 0 Å². The molecule has 0 saturated carbocycles. The van der Waals surface area contributed by atoms with Gasteiger partial charge in [0.25, 0.3) is 0 Å². The fourth-order valence-electron chi connectivity index (χ4n) is 1.67. The molecule has 0 aromatic heterocycles. The Balaban J connectivity index is 2.47. The zero-order valence-electron chi connectivity index (χ0n) is 9.79. The average molecular weight is 266 g/mol. The van der Waals surface area contributed by atoms with Gasteiger partial charge in [-0.05, 0) is 29.3 Å². The first kappa shape index (κ1) is 13.3. The van der Waals surface area contributed by atoms with Gasteiger partial charge >= 0.3 is 6.18 Å². The first-order chi connectivity index (χ1) is 8.97. The molecule has 2 aromatic rings. The molecule has 0 fully saturated rings. The van der Waals surface area contributed by atoms with Crippen LogP contribution in [0.2, 0.25) is 0 Å². The van der Waals surface area contributed by atoms with Gasteiger partial charge in [-0.3, -0.25) is 0 Å². The molecule has 0 aliphatic rings. The zero-order chi connectivity index (χ0) is 13.9. The SMILES string of the molecule is Fc1ccc(C=C(c2ccccc2)C(F)(F)F)cc1. The highest BCUT2D eigenvalue weighted by molar-refractivity contribution is 5.84. The maximum Gasteiger partial charge on any atom is 0.417 e. The van der Waals surface area contributed by atoms with Crippen LogP contribution in [0.3, 0.4) is 0 Å². The van der Waals surface area contributed by atoms with Crippen molar-refractivity contribution in [3.63, 3.8) is 0 Å². The predicted octanol–water partition coefficient (Wildman–Crippen LogP) is 4.93. The summed E-state index contributed by atoms with van der Waals surface area (Å²) < 4.78 is 51.8. The molecule has 0 radical (unpaired) electrons. The Bertz CT molecular complexity index is 565. The van der Waals surface area contributed by atoms with Crippen molar-refractivity contribution < 1.29 is 17.6 Å². The van der Waals surface area contributed by atoms with Gasteiger partial charge in [-0.25, -0.2) is 4.39 Å². The van der Waals surface area contributed by atoms with Crippen molar-refractivity contribution in [3.8, 4) is 0 Å². The summed E-state index contributed by atoms with van der Waals surface area (Å²) in [4.78, 5) is 0. The van der Waals surface area contributed by atoms with Gasteiger partial charge in [0.05, 0.1) is 5.57 Å². The van der Waals surface area contributed by atoms with E-state index in [9.17, 15) is 17.6 Å². The summed E-state index contributed by atoms with van der Waals surface area (Å²) in [5, 5.41) is 0.